The first-order valence-electron chi connectivity index (χ1n) is 10.6. The van der Waals surface area contributed by atoms with E-state index in [1.807, 2.05) is 0 Å². The van der Waals surface area contributed by atoms with Gasteiger partial charge < -0.3 is 15.8 Å². The Balaban J connectivity index is 1.77. The molecule has 2 aromatic rings. The molecule has 1 atom stereocenters. The van der Waals surface area contributed by atoms with Gasteiger partial charge in [-0.1, -0.05) is 15.9 Å². The van der Waals surface area contributed by atoms with Gasteiger partial charge in [0.2, 0.25) is 15.9 Å². The van der Waals surface area contributed by atoms with Crippen molar-refractivity contribution in [3.63, 3.8) is 0 Å². The summed E-state index contributed by atoms with van der Waals surface area (Å²) in [5, 5.41) is 2.74. The van der Waals surface area contributed by atoms with Crippen LogP contribution in [0.3, 0.4) is 0 Å². The maximum atomic E-state index is 13.4. The minimum atomic E-state index is -4.05. The van der Waals surface area contributed by atoms with Crippen molar-refractivity contribution in [2.75, 3.05) is 50.5 Å². The van der Waals surface area contributed by atoms with E-state index in [4.69, 9.17) is 10.5 Å². The average molecular weight is 572 g/mol. The maximum Gasteiger partial charge on any atom is 0.255 e. The maximum absolute atomic E-state index is 13.4. The molecule has 0 spiro atoms. The van der Waals surface area contributed by atoms with Crippen LogP contribution in [0.4, 0.5) is 5.69 Å². The van der Waals surface area contributed by atoms with E-state index < -0.39 is 22.0 Å². The first kappa shape index (κ1) is 26.6. The van der Waals surface area contributed by atoms with Gasteiger partial charge in [0.1, 0.15) is 6.04 Å². The number of carbonyl (C=O) groups excluding carboxylic acids is 2. The number of morpholine rings is 1. The Morgan fingerprint density at radius 3 is 2.29 bits per heavy atom. The van der Waals surface area contributed by atoms with Crippen molar-refractivity contribution < 1.29 is 22.7 Å². The summed E-state index contributed by atoms with van der Waals surface area (Å²) in [6.07, 6.45) is 0. The molecule has 184 valence electrons. The number of hydrogen-bond acceptors (Lipinski definition) is 7. The first-order chi connectivity index (χ1) is 16.2. The molecule has 0 aromatic heterocycles. The van der Waals surface area contributed by atoms with Crippen molar-refractivity contribution in [2.24, 2.45) is 5.73 Å². The number of benzene rings is 2. The Kier molecular flexibility index (Phi) is 9.51. The van der Waals surface area contributed by atoms with Gasteiger partial charge in [0.05, 0.1) is 18.1 Å². The number of anilines is 1. The molecular weight excluding hydrogens is 544 g/mol. The molecule has 2 amide bonds. The van der Waals surface area contributed by atoms with Gasteiger partial charge in [0.15, 0.2) is 0 Å². The number of nitrogens with two attached hydrogens (primary N) is 1. The Labute approximate surface area is 213 Å². The number of nitrogens with one attached hydrogen (secondary N) is 1. The summed E-state index contributed by atoms with van der Waals surface area (Å²) in [4.78, 5) is 26.5. The number of hydrogen-bond donors (Lipinski definition) is 3. The number of sulfonamides is 1. The predicted octanol–water partition coefficient (Wildman–Crippen LogP) is 1.81. The van der Waals surface area contributed by atoms with E-state index in [2.05, 4.69) is 38.8 Å². The van der Waals surface area contributed by atoms with Crippen molar-refractivity contribution in [3.05, 3.63) is 58.6 Å². The Morgan fingerprint density at radius 2 is 1.74 bits per heavy atom. The summed E-state index contributed by atoms with van der Waals surface area (Å²) in [5.41, 5.74) is 6.40. The van der Waals surface area contributed by atoms with Crippen LogP contribution >= 0.6 is 28.6 Å². The van der Waals surface area contributed by atoms with Crippen LogP contribution in [0.25, 0.3) is 0 Å². The molecule has 1 fully saturated rings. The number of carbonyl (C=O) groups is 2. The van der Waals surface area contributed by atoms with Crippen LogP contribution in [0.15, 0.2) is 57.9 Å². The van der Waals surface area contributed by atoms with Gasteiger partial charge in [0, 0.05) is 47.7 Å². The first-order valence-corrected chi connectivity index (χ1v) is 13.5. The third kappa shape index (κ3) is 6.80. The minimum absolute atomic E-state index is 0.0100. The van der Waals surface area contributed by atoms with Gasteiger partial charge in [-0.2, -0.15) is 16.9 Å². The molecule has 1 unspecified atom stereocenters. The summed E-state index contributed by atoms with van der Waals surface area (Å²) in [5.74, 6) is -1.13. The zero-order chi connectivity index (χ0) is 24.7. The molecule has 0 radical (unpaired) electrons. The van der Waals surface area contributed by atoms with Crippen molar-refractivity contribution in [1.29, 1.82) is 0 Å². The second-order valence-electron chi connectivity index (χ2n) is 7.66. The van der Waals surface area contributed by atoms with Crippen molar-refractivity contribution in [1.82, 2.24) is 9.21 Å². The van der Waals surface area contributed by atoms with Gasteiger partial charge in [0.25, 0.3) is 5.91 Å². The van der Waals surface area contributed by atoms with Gasteiger partial charge in [-0.05, 0) is 48.5 Å². The Hall–Kier alpha value is -1.96. The highest BCUT2D eigenvalue weighted by Gasteiger charge is 2.34. The lowest BCUT2D eigenvalue weighted by Crippen LogP contribution is -2.52. The molecule has 1 aliphatic rings. The summed E-state index contributed by atoms with van der Waals surface area (Å²) in [6.45, 7) is 3.03. The van der Waals surface area contributed by atoms with Crippen molar-refractivity contribution >= 4 is 56.1 Å². The molecule has 0 aliphatic carbocycles. The fourth-order valence-corrected chi connectivity index (χ4v) is 5.82. The molecule has 1 aliphatic heterocycles. The highest BCUT2D eigenvalue weighted by molar-refractivity contribution is 9.10. The standard InChI is InChI=1S/C22H27BrN4O5S2/c23-17-3-1-16(2-4-17)22(29)25-18-5-7-19(8-6-18)34(30,31)27(20(15-33)21(24)28)10-9-26-11-13-32-14-12-26/h1-8,20,33H,9-15H2,(H2,24,28)(H,25,29). The number of rotatable bonds is 10. The summed E-state index contributed by atoms with van der Waals surface area (Å²) < 4.78 is 34.2. The predicted molar refractivity (Wildman–Crippen MR) is 137 cm³/mol. The van der Waals surface area contributed by atoms with E-state index in [9.17, 15) is 18.0 Å². The van der Waals surface area contributed by atoms with Crippen molar-refractivity contribution in [2.45, 2.75) is 10.9 Å². The minimum Gasteiger partial charge on any atom is -0.379 e. The fraction of sp³-hybridized carbons (Fsp3) is 0.364. The fourth-order valence-electron chi connectivity index (χ4n) is 3.48. The lowest BCUT2D eigenvalue weighted by Gasteiger charge is -2.32. The molecule has 3 N–H and O–H groups in total. The van der Waals surface area contributed by atoms with Gasteiger partial charge in [-0.15, -0.1) is 0 Å². The molecule has 34 heavy (non-hydrogen) atoms. The van der Waals surface area contributed by atoms with E-state index in [-0.39, 0.29) is 23.1 Å². The van der Waals surface area contributed by atoms with E-state index in [1.165, 1.54) is 24.3 Å². The molecule has 0 bridgehead atoms. The molecule has 1 saturated heterocycles. The highest BCUT2D eigenvalue weighted by Crippen LogP contribution is 2.22. The van der Waals surface area contributed by atoms with Crippen LogP contribution in [0.1, 0.15) is 10.4 Å². The van der Waals surface area contributed by atoms with E-state index in [1.54, 1.807) is 24.3 Å². The largest absolute Gasteiger partial charge is 0.379 e. The van der Waals surface area contributed by atoms with Crippen LogP contribution in [-0.4, -0.2) is 80.6 Å². The Morgan fingerprint density at radius 1 is 1.12 bits per heavy atom. The number of halogens is 1. The normalized spacial score (nSPS) is 15.7. The summed E-state index contributed by atoms with van der Waals surface area (Å²) in [6, 6.07) is 11.6. The third-order valence-electron chi connectivity index (χ3n) is 5.41. The second kappa shape index (κ2) is 12.1. The number of ether oxygens (including phenoxy) is 1. The second-order valence-corrected chi connectivity index (χ2v) is 10.8. The average Bonchev–Trinajstić information content (AvgIpc) is 2.82. The molecule has 1 heterocycles. The van der Waals surface area contributed by atoms with Crippen molar-refractivity contribution in [3.8, 4) is 0 Å². The van der Waals surface area contributed by atoms with Crippen LogP contribution in [0.2, 0.25) is 0 Å². The zero-order valence-corrected chi connectivity index (χ0v) is 21.7. The van der Waals surface area contributed by atoms with Gasteiger partial charge in [-0.25, -0.2) is 8.42 Å². The van der Waals surface area contributed by atoms with E-state index in [0.29, 0.717) is 44.1 Å². The molecular formula is C22H27BrN4O5S2. The number of primary amides is 1. The summed E-state index contributed by atoms with van der Waals surface area (Å²) in [7, 11) is -4.05. The molecule has 12 heteroatoms. The van der Waals surface area contributed by atoms with Gasteiger partial charge >= 0.3 is 0 Å². The zero-order valence-electron chi connectivity index (χ0n) is 18.4. The molecule has 3 rings (SSSR count). The lowest BCUT2D eigenvalue weighted by molar-refractivity contribution is -0.121. The van der Waals surface area contributed by atoms with Crippen LogP contribution in [0.5, 0.6) is 0 Å². The quantitative estimate of drug-likeness (QED) is 0.374. The number of thiol groups is 1. The number of nitrogens with zero attached hydrogens (tertiary/aromatic N) is 2. The lowest BCUT2D eigenvalue weighted by atomic mass is 10.2. The van der Waals surface area contributed by atoms with Crippen LogP contribution in [-0.2, 0) is 19.6 Å². The van der Waals surface area contributed by atoms with E-state index in [0.717, 1.165) is 8.78 Å². The van der Waals surface area contributed by atoms with E-state index >= 15 is 0 Å². The molecule has 9 nitrogen and oxygen atoms in total. The van der Waals surface area contributed by atoms with Gasteiger partial charge in [-0.3, -0.25) is 14.5 Å². The molecule has 2 aromatic carbocycles. The van der Waals surface area contributed by atoms with Crippen LogP contribution in [0, 0.1) is 0 Å². The summed E-state index contributed by atoms with van der Waals surface area (Å²) >= 11 is 7.49. The monoisotopic (exact) mass is 570 g/mol. The molecule has 0 saturated carbocycles. The topological polar surface area (TPSA) is 122 Å². The highest BCUT2D eigenvalue weighted by atomic mass is 79.9. The number of amides is 2. The SMILES string of the molecule is NC(=O)C(CS)N(CCN1CCOCC1)S(=O)(=O)c1ccc(NC(=O)c2ccc(Br)cc2)cc1. The third-order valence-corrected chi connectivity index (χ3v) is 8.21. The smallest absolute Gasteiger partial charge is 0.255 e. The Bertz CT molecular complexity index is 1090. The van der Waals surface area contributed by atoms with Crippen LogP contribution < -0.4 is 11.1 Å².